The number of esters is 1. The number of ether oxygens (including phenoxy) is 2. The fraction of sp³-hybridized carbons (Fsp3) is 0.346. The lowest BCUT2D eigenvalue weighted by Gasteiger charge is -2.28. The summed E-state index contributed by atoms with van der Waals surface area (Å²) in [6.07, 6.45) is -0.202. The van der Waals surface area contributed by atoms with Crippen LogP contribution in [0, 0.1) is 0 Å². The van der Waals surface area contributed by atoms with Gasteiger partial charge in [0.25, 0.3) is 0 Å². The molecule has 2 aromatic carbocycles. The molecule has 7 nitrogen and oxygen atoms in total. The third-order valence-electron chi connectivity index (χ3n) is 5.15. The van der Waals surface area contributed by atoms with Crippen LogP contribution in [0.5, 0.6) is 5.75 Å². The number of fused-ring (bicyclic) bond motifs is 1. The number of thioether (sulfide) groups is 1. The Balaban J connectivity index is 1.72. The molecule has 1 unspecified atom stereocenters. The molecule has 1 atom stereocenters. The maximum atomic E-state index is 13.2. The predicted octanol–water partition coefficient (Wildman–Crippen LogP) is 5.60. The SMILES string of the molecule is CC1=C(C(=O)OC(C)C)C(c2cccc(OC(C)C)c2)n2nc(SCc3ccccc3)nc2N1. The predicted molar refractivity (Wildman–Crippen MR) is 134 cm³/mol. The Hall–Kier alpha value is -3.26. The van der Waals surface area contributed by atoms with E-state index in [0.717, 1.165) is 17.1 Å². The molecular weight excluding hydrogens is 448 g/mol. The molecule has 0 spiro atoms. The van der Waals surface area contributed by atoms with Crippen molar-refractivity contribution in [3.05, 3.63) is 77.0 Å². The van der Waals surface area contributed by atoms with E-state index >= 15 is 0 Å². The van der Waals surface area contributed by atoms with Crippen LogP contribution in [0.4, 0.5) is 5.95 Å². The highest BCUT2D eigenvalue weighted by atomic mass is 32.2. The molecule has 1 aromatic heterocycles. The lowest BCUT2D eigenvalue weighted by Crippen LogP contribution is -2.30. The molecule has 0 bridgehead atoms. The highest BCUT2D eigenvalue weighted by Crippen LogP contribution is 2.38. The lowest BCUT2D eigenvalue weighted by atomic mass is 9.95. The summed E-state index contributed by atoms with van der Waals surface area (Å²) < 4.78 is 13.3. The van der Waals surface area contributed by atoms with Gasteiger partial charge < -0.3 is 14.8 Å². The van der Waals surface area contributed by atoms with E-state index in [1.165, 1.54) is 5.56 Å². The second-order valence-electron chi connectivity index (χ2n) is 8.70. The van der Waals surface area contributed by atoms with E-state index in [1.54, 1.807) is 16.4 Å². The summed E-state index contributed by atoms with van der Waals surface area (Å²) in [5.74, 6) is 1.70. The van der Waals surface area contributed by atoms with Crippen molar-refractivity contribution in [2.75, 3.05) is 5.32 Å². The molecule has 4 rings (SSSR count). The van der Waals surface area contributed by atoms with Gasteiger partial charge in [-0.15, -0.1) is 5.10 Å². The van der Waals surface area contributed by atoms with Crippen molar-refractivity contribution in [3.8, 4) is 5.75 Å². The number of carbonyl (C=O) groups is 1. The molecule has 0 amide bonds. The Morgan fingerprint density at radius 2 is 1.85 bits per heavy atom. The van der Waals surface area contributed by atoms with E-state index in [2.05, 4.69) is 17.4 Å². The van der Waals surface area contributed by atoms with Crippen molar-refractivity contribution in [2.24, 2.45) is 0 Å². The van der Waals surface area contributed by atoms with Crippen LogP contribution in [-0.2, 0) is 15.3 Å². The average molecular weight is 479 g/mol. The minimum absolute atomic E-state index is 0.0360. The van der Waals surface area contributed by atoms with E-state index in [1.807, 2.05) is 77.1 Å². The number of anilines is 1. The summed E-state index contributed by atoms with van der Waals surface area (Å²) in [5, 5.41) is 8.67. The fourth-order valence-corrected chi connectivity index (χ4v) is 4.58. The largest absolute Gasteiger partial charge is 0.491 e. The van der Waals surface area contributed by atoms with Gasteiger partial charge in [-0.2, -0.15) is 4.98 Å². The van der Waals surface area contributed by atoms with Gasteiger partial charge >= 0.3 is 5.97 Å². The summed E-state index contributed by atoms with van der Waals surface area (Å²) >= 11 is 1.55. The number of allylic oxidation sites excluding steroid dienone is 1. The van der Waals surface area contributed by atoms with Gasteiger partial charge in [0.15, 0.2) is 0 Å². The minimum Gasteiger partial charge on any atom is -0.491 e. The lowest BCUT2D eigenvalue weighted by molar-refractivity contribution is -0.143. The van der Waals surface area contributed by atoms with Crippen LogP contribution < -0.4 is 10.1 Å². The number of hydrogen-bond donors (Lipinski definition) is 1. The van der Waals surface area contributed by atoms with E-state index in [4.69, 9.17) is 19.6 Å². The molecule has 1 aliphatic heterocycles. The van der Waals surface area contributed by atoms with E-state index in [0.29, 0.717) is 22.4 Å². The molecule has 1 N–H and O–H groups in total. The number of nitrogens with one attached hydrogen (secondary N) is 1. The van der Waals surface area contributed by atoms with Gasteiger partial charge in [-0.1, -0.05) is 54.2 Å². The quantitative estimate of drug-likeness (QED) is 0.334. The van der Waals surface area contributed by atoms with Crippen molar-refractivity contribution in [2.45, 2.75) is 63.8 Å². The first-order chi connectivity index (χ1) is 16.3. The van der Waals surface area contributed by atoms with Gasteiger partial charge in [-0.05, 0) is 57.9 Å². The van der Waals surface area contributed by atoms with Crippen LogP contribution in [-0.4, -0.2) is 32.9 Å². The highest BCUT2D eigenvalue weighted by Gasteiger charge is 2.35. The van der Waals surface area contributed by atoms with E-state index in [9.17, 15) is 4.79 Å². The van der Waals surface area contributed by atoms with Crippen LogP contribution in [0.25, 0.3) is 0 Å². The molecule has 0 fully saturated rings. The van der Waals surface area contributed by atoms with E-state index in [-0.39, 0.29) is 18.2 Å². The summed E-state index contributed by atoms with van der Waals surface area (Å²) in [7, 11) is 0. The maximum Gasteiger partial charge on any atom is 0.338 e. The maximum absolute atomic E-state index is 13.2. The summed E-state index contributed by atoms with van der Waals surface area (Å²) in [6.45, 7) is 9.52. The smallest absolute Gasteiger partial charge is 0.338 e. The van der Waals surface area contributed by atoms with Gasteiger partial charge in [-0.25, -0.2) is 9.48 Å². The molecular formula is C26H30N4O3S. The molecule has 2 heterocycles. The average Bonchev–Trinajstić information content (AvgIpc) is 3.19. The van der Waals surface area contributed by atoms with E-state index < -0.39 is 6.04 Å². The Bertz CT molecular complexity index is 1190. The third kappa shape index (κ3) is 5.44. The summed E-state index contributed by atoms with van der Waals surface area (Å²) in [6, 6.07) is 17.5. The second-order valence-corrected chi connectivity index (χ2v) is 9.64. The molecule has 0 radical (unpaired) electrons. The first-order valence-electron chi connectivity index (χ1n) is 11.4. The van der Waals surface area contributed by atoms with Gasteiger partial charge in [0, 0.05) is 11.4 Å². The Morgan fingerprint density at radius 3 is 2.56 bits per heavy atom. The number of hydrogen-bond acceptors (Lipinski definition) is 7. The van der Waals surface area contributed by atoms with Crippen molar-refractivity contribution in [1.29, 1.82) is 0 Å². The number of nitrogens with zero attached hydrogens (tertiary/aromatic N) is 3. The zero-order chi connectivity index (χ0) is 24.2. The Labute approximate surface area is 204 Å². The van der Waals surface area contributed by atoms with Gasteiger partial charge in [0.05, 0.1) is 17.8 Å². The molecule has 8 heteroatoms. The van der Waals surface area contributed by atoms with Crippen LogP contribution in [0.2, 0.25) is 0 Å². The standard InChI is InChI=1S/C26H30N4O3S/c1-16(2)32-21-13-9-12-20(14-21)23-22(24(31)33-17(3)4)18(5)27-25-28-26(29-30(23)25)34-15-19-10-7-6-8-11-19/h6-14,16-17,23H,15H2,1-5H3,(H,27,28,29). The molecule has 3 aromatic rings. The number of benzene rings is 2. The topological polar surface area (TPSA) is 78.3 Å². The first-order valence-corrected chi connectivity index (χ1v) is 12.4. The molecule has 0 saturated heterocycles. The third-order valence-corrected chi connectivity index (χ3v) is 6.06. The number of aromatic nitrogens is 3. The van der Waals surface area contributed by atoms with Crippen molar-refractivity contribution < 1.29 is 14.3 Å². The molecule has 178 valence electrons. The first kappa shape index (κ1) is 23.9. The van der Waals surface area contributed by atoms with Crippen molar-refractivity contribution in [1.82, 2.24) is 14.8 Å². The van der Waals surface area contributed by atoms with Crippen LogP contribution >= 0.6 is 11.8 Å². The zero-order valence-corrected chi connectivity index (χ0v) is 20.9. The minimum atomic E-state index is -0.489. The van der Waals surface area contributed by atoms with Gasteiger partial charge in [0.1, 0.15) is 11.8 Å². The van der Waals surface area contributed by atoms with Crippen LogP contribution in [0.1, 0.15) is 51.8 Å². The Kier molecular flexibility index (Phi) is 7.26. The normalized spacial score (nSPS) is 15.3. The number of rotatable bonds is 8. The van der Waals surface area contributed by atoms with Gasteiger partial charge in [0.2, 0.25) is 11.1 Å². The van der Waals surface area contributed by atoms with Crippen molar-refractivity contribution >= 4 is 23.7 Å². The second kappa shape index (κ2) is 10.3. The summed E-state index contributed by atoms with van der Waals surface area (Å²) in [5.41, 5.74) is 3.28. The molecule has 1 aliphatic rings. The highest BCUT2D eigenvalue weighted by molar-refractivity contribution is 7.98. The molecule has 34 heavy (non-hydrogen) atoms. The van der Waals surface area contributed by atoms with Crippen LogP contribution in [0.15, 0.2) is 71.0 Å². The van der Waals surface area contributed by atoms with Crippen LogP contribution in [0.3, 0.4) is 0 Å². The van der Waals surface area contributed by atoms with Crippen molar-refractivity contribution in [3.63, 3.8) is 0 Å². The summed E-state index contributed by atoms with van der Waals surface area (Å²) in [4.78, 5) is 17.9. The number of carbonyl (C=O) groups excluding carboxylic acids is 1. The zero-order valence-electron chi connectivity index (χ0n) is 20.1. The Morgan fingerprint density at radius 1 is 1.09 bits per heavy atom. The fourth-order valence-electron chi connectivity index (χ4n) is 3.79. The monoisotopic (exact) mass is 478 g/mol. The molecule has 0 saturated carbocycles. The van der Waals surface area contributed by atoms with Gasteiger partial charge in [-0.3, -0.25) is 0 Å². The molecule has 0 aliphatic carbocycles.